The molecule has 3 aliphatic rings. The van der Waals surface area contributed by atoms with Gasteiger partial charge < -0.3 is 43.3 Å². The summed E-state index contributed by atoms with van der Waals surface area (Å²) in [7, 11) is 10.8. The van der Waals surface area contributed by atoms with Gasteiger partial charge in [-0.1, -0.05) is 57.0 Å². The predicted molar refractivity (Wildman–Crippen MR) is 246 cm³/mol. The molecule has 2 fully saturated rings. The number of aliphatic hydroxyl groups is 1. The number of anilines is 1. The van der Waals surface area contributed by atoms with E-state index in [0.717, 1.165) is 16.9 Å². The zero-order chi connectivity index (χ0) is 45.8. The number of epoxide rings is 1. The lowest BCUT2D eigenvalue weighted by Gasteiger charge is -2.40. The predicted octanol–water partition coefficient (Wildman–Crippen LogP) is 5.20. The number of amides is 4. The highest BCUT2D eigenvalue weighted by molar-refractivity contribution is 14.1. The van der Waals surface area contributed by atoms with Crippen LogP contribution in [0.1, 0.15) is 71.3 Å². The first kappa shape index (κ1) is 51.8. The van der Waals surface area contributed by atoms with Crippen molar-refractivity contribution < 1.29 is 57.5 Å². The second-order valence-electron chi connectivity index (χ2n) is 16.1. The van der Waals surface area contributed by atoms with Crippen molar-refractivity contribution in [1.29, 1.82) is 0 Å². The van der Waals surface area contributed by atoms with Crippen LogP contribution >= 0.6 is 56.1 Å². The molecule has 4 bridgehead atoms. The third-order valence-corrected chi connectivity index (χ3v) is 15.0. The number of esters is 1. The monoisotopic (exact) mass is 1040 g/mol. The van der Waals surface area contributed by atoms with Gasteiger partial charge in [0.15, 0.2) is 5.72 Å². The lowest BCUT2D eigenvalue weighted by Crippen LogP contribution is -2.62. The number of fused-ring (bicyclic) bond motifs is 5. The van der Waals surface area contributed by atoms with Gasteiger partial charge in [-0.15, -0.1) is 0 Å². The van der Waals surface area contributed by atoms with Crippen LogP contribution in [0, 0.1) is 0 Å². The van der Waals surface area contributed by atoms with Crippen LogP contribution in [0.5, 0.6) is 5.75 Å². The van der Waals surface area contributed by atoms with E-state index in [-0.39, 0.29) is 42.5 Å². The van der Waals surface area contributed by atoms with Gasteiger partial charge in [-0.25, -0.2) is 4.79 Å². The number of methoxy groups -OCH3 is 3. The number of ether oxygens (including phenoxy) is 6. The summed E-state index contributed by atoms with van der Waals surface area (Å²) in [5.74, 6) is -0.516. The first-order valence-corrected chi connectivity index (χ1v) is 23.8. The van der Waals surface area contributed by atoms with E-state index in [4.69, 9.17) is 40.0 Å². The zero-order valence-electron chi connectivity index (χ0n) is 36.4. The van der Waals surface area contributed by atoms with E-state index in [9.17, 15) is 29.1 Å². The number of benzene rings is 1. The second-order valence-corrected chi connectivity index (χ2v) is 20.0. The number of hydrazine groups is 1. The van der Waals surface area contributed by atoms with Crippen molar-refractivity contribution in [3.63, 3.8) is 0 Å². The van der Waals surface area contributed by atoms with Gasteiger partial charge in [0, 0.05) is 87.4 Å². The summed E-state index contributed by atoms with van der Waals surface area (Å²) < 4.78 is 36.6. The van der Waals surface area contributed by atoms with Crippen molar-refractivity contribution in [2.24, 2.45) is 0 Å². The highest BCUT2D eigenvalue weighted by atomic mass is 127. The zero-order valence-corrected chi connectivity index (χ0v) is 40.9. The normalized spacial score (nSPS) is 27.6. The van der Waals surface area contributed by atoms with Gasteiger partial charge in [-0.05, 0) is 57.7 Å². The van der Waals surface area contributed by atoms with Crippen molar-refractivity contribution in [3.05, 3.63) is 46.5 Å². The standard InChI is InChI=1S/C41H59ClIN5O12S2/c1-25-11-9-12-30(57-8)41(54)22-27(58-38(53)44-41)20-32-40(3,60-32)31(21-35(51)48(5)28-18-26(17-25)19-29(56-7)37(28)42)59-36(52)23-47(4)34(50)14-15-39(2,24-55-6)62-61-16-10-13-33(49)45-46-43/h9,11-12,18-19,27,30-32,46,54H,10,13-17,20-24H2,1-8H3,(H,44,53)(H,45,49)/b12-9+,25-11+/t27-,30-,31+,32+,39?,40+,41+/m1/s1. The Kier molecular flexibility index (Phi) is 19.5. The Bertz CT molecular complexity index is 1850. The maximum atomic E-state index is 14.2. The number of allylic oxidation sites excluding steroid dienone is 3. The maximum Gasteiger partial charge on any atom is 0.409 e. The number of hydrogen-bond acceptors (Lipinski definition) is 15. The van der Waals surface area contributed by atoms with Crippen LogP contribution in [0.15, 0.2) is 35.9 Å². The van der Waals surface area contributed by atoms with E-state index >= 15 is 0 Å². The number of hydrogen-bond donors (Lipinski definition) is 4. The quantitative estimate of drug-likeness (QED) is 0.0301. The van der Waals surface area contributed by atoms with Crippen molar-refractivity contribution in [2.75, 3.05) is 59.2 Å². The molecule has 4 N–H and O–H groups in total. The van der Waals surface area contributed by atoms with Gasteiger partial charge in [0.05, 0.1) is 31.9 Å². The van der Waals surface area contributed by atoms with Crippen LogP contribution in [-0.2, 0) is 49.3 Å². The summed E-state index contributed by atoms with van der Waals surface area (Å²) in [6, 6.07) is 3.57. The van der Waals surface area contributed by atoms with Crippen molar-refractivity contribution in [2.45, 2.75) is 113 Å². The number of nitrogens with zero attached hydrogens (tertiary/aromatic N) is 2. The first-order chi connectivity index (χ1) is 29.3. The van der Waals surface area contributed by atoms with E-state index in [0.29, 0.717) is 43.7 Å². The minimum absolute atomic E-state index is 0.0561. The first-order valence-electron chi connectivity index (χ1n) is 20.1. The van der Waals surface area contributed by atoms with Crippen molar-refractivity contribution >= 4 is 91.5 Å². The largest absolute Gasteiger partial charge is 0.495 e. The summed E-state index contributed by atoms with van der Waals surface area (Å²) in [5.41, 5.74) is 1.58. The lowest BCUT2D eigenvalue weighted by molar-refractivity contribution is -0.157. The Balaban J connectivity index is 1.53. The Labute approximate surface area is 390 Å². The molecular weight excluding hydrogens is 981 g/mol. The van der Waals surface area contributed by atoms with Gasteiger partial charge >= 0.3 is 12.1 Å². The molecule has 2 saturated heterocycles. The fourth-order valence-corrected chi connectivity index (χ4v) is 10.8. The molecule has 0 aliphatic carbocycles. The Hall–Kier alpha value is -2.83. The summed E-state index contributed by atoms with van der Waals surface area (Å²) >= 11 is 8.62. The fourth-order valence-electron chi connectivity index (χ4n) is 7.33. The molecular formula is C41H59ClIN5O12S2. The molecule has 7 atom stereocenters. The number of nitrogens with one attached hydrogen (secondary N) is 3. The molecule has 1 aromatic carbocycles. The second kappa shape index (κ2) is 23.4. The SMILES string of the molecule is COCC(C)(CCC(=O)N(C)CC(=O)O[C@H]1CC(=O)N(C)c2cc(cc(OC)c2Cl)C/C(C)=C/C=C/[C@@H](OC)[C@@]2(O)C[C@@H](C[C@@H]3O[C@@]13C)OC(=O)N2)SSCCCC(=O)NNI. The molecule has 1 unspecified atom stereocenters. The number of likely N-dealkylation sites (N-methyl/N-ethyl adjacent to an activating group) is 1. The number of rotatable bonds is 17. The van der Waals surface area contributed by atoms with Crippen molar-refractivity contribution in [3.8, 4) is 5.75 Å². The molecule has 0 saturated carbocycles. The molecule has 4 amide bonds. The van der Waals surface area contributed by atoms with Gasteiger partial charge in [0.2, 0.25) is 17.7 Å². The van der Waals surface area contributed by atoms with Gasteiger partial charge in [0.25, 0.3) is 0 Å². The summed E-state index contributed by atoms with van der Waals surface area (Å²) in [6.45, 7) is 5.59. The smallest absolute Gasteiger partial charge is 0.409 e. The highest BCUT2D eigenvalue weighted by Gasteiger charge is 2.61. The third kappa shape index (κ3) is 14.3. The number of carbonyl (C=O) groups excluding carboxylic acids is 5. The average molecular weight is 1040 g/mol. The topological polar surface area (TPSA) is 207 Å². The molecule has 0 aromatic heterocycles. The maximum absolute atomic E-state index is 14.2. The average Bonchev–Trinajstić information content (AvgIpc) is 3.86. The summed E-state index contributed by atoms with van der Waals surface area (Å²) in [4.78, 5) is 68.4. The highest BCUT2D eigenvalue weighted by Crippen LogP contribution is 2.47. The summed E-state index contributed by atoms with van der Waals surface area (Å²) in [5, 5.41) is 14.4. The Morgan fingerprint density at radius 3 is 2.63 bits per heavy atom. The minimum atomic E-state index is -1.83. The van der Waals surface area contributed by atoms with Crippen LogP contribution in [0.25, 0.3) is 0 Å². The molecule has 3 heterocycles. The van der Waals surface area contributed by atoms with E-state index in [1.165, 1.54) is 31.1 Å². The molecule has 1 aromatic rings. The van der Waals surface area contributed by atoms with Crippen LogP contribution in [0.4, 0.5) is 10.5 Å². The van der Waals surface area contributed by atoms with E-state index < -0.39 is 65.0 Å². The molecule has 21 heteroatoms. The van der Waals surface area contributed by atoms with Gasteiger partial charge in [-0.2, -0.15) is 3.64 Å². The Morgan fingerprint density at radius 2 is 1.95 bits per heavy atom. The molecule has 0 spiro atoms. The van der Waals surface area contributed by atoms with E-state index in [2.05, 4.69) is 14.4 Å². The molecule has 346 valence electrons. The van der Waals surface area contributed by atoms with E-state index in [1.54, 1.807) is 67.0 Å². The lowest BCUT2D eigenvalue weighted by atomic mass is 9.90. The molecule has 3 aliphatic heterocycles. The third-order valence-electron chi connectivity index (χ3n) is 11.0. The number of alkyl carbamates (subject to hydrolysis) is 1. The fraction of sp³-hybridized carbons (Fsp3) is 0.634. The van der Waals surface area contributed by atoms with E-state index in [1.807, 2.05) is 42.8 Å². The van der Waals surface area contributed by atoms with Crippen LogP contribution in [0.2, 0.25) is 5.02 Å². The van der Waals surface area contributed by atoms with Crippen LogP contribution in [-0.4, -0.2) is 135 Å². The van der Waals surface area contributed by atoms with Gasteiger partial charge in [-0.3, -0.25) is 29.9 Å². The number of carbonyl (C=O) groups is 5. The molecule has 0 radical (unpaired) electrons. The Morgan fingerprint density at radius 1 is 1.21 bits per heavy atom. The molecule has 4 rings (SSSR count). The van der Waals surface area contributed by atoms with Crippen LogP contribution in [0.3, 0.4) is 0 Å². The number of halogens is 2. The summed E-state index contributed by atoms with van der Waals surface area (Å²) in [6.07, 6.45) is 2.59. The van der Waals surface area contributed by atoms with Crippen LogP contribution < -0.4 is 24.0 Å². The molecule has 17 nitrogen and oxygen atoms in total. The van der Waals surface area contributed by atoms with Crippen molar-refractivity contribution in [1.82, 2.24) is 19.3 Å². The molecule has 62 heavy (non-hydrogen) atoms. The minimum Gasteiger partial charge on any atom is -0.495 e. The van der Waals surface area contributed by atoms with Gasteiger partial charge in [0.1, 0.15) is 41.2 Å².